The van der Waals surface area contributed by atoms with Gasteiger partial charge >= 0.3 is 0 Å². The van der Waals surface area contributed by atoms with Crippen molar-refractivity contribution in [2.45, 2.75) is 44.6 Å². The van der Waals surface area contributed by atoms with Crippen LogP contribution in [-0.2, 0) is 9.59 Å². The number of amides is 2. The number of piperazine rings is 1. The molecule has 1 aromatic rings. The van der Waals surface area contributed by atoms with Crippen molar-refractivity contribution >= 4 is 23.2 Å². The molecular weight excluding hydrogens is 340 g/mol. The van der Waals surface area contributed by atoms with E-state index < -0.39 is 0 Å². The van der Waals surface area contributed by atoms with Gasteiger partial charge in [0, 0.05) is 56.6 Å². The number of nitrogens with zero attached hydrogens (tertiary/aromatic N) is 3. The average molecular weight is 370 g/mol. The van der Waals surface area contributed by atoms with Crippen LogP contribution in [-0.4, -0.2) is 66.9 Å². The van der Waals surface area contributed by atoms with Gasteiger partial charge in [-0.1, -0.05) is 18.9 Å². The largest absolute Gasteiger partial charge is 0.325 e. The summed E-state index contributed by atoms with van der Waals surface area (Å²) >= 11 is 0. The number of nitrogens with one attached hydrogen (secondary N) is 1. The Morgan fingerprint density at radius 3 is 2.52 bits per heavy atom. The van der Waals surface area contributed by atoms with E-state index in [1.807, 2.05) is 24.3 Å². The van der Waals surface area contributed by atoms with E-state index in [1.165, 1.54) is 25.7 Å². The standard InChI is InChI=1S/C21H30N4O2/c26-20(16-23-11-13-24(14-12-23)18-6-1-2-7-18)22-17-5-3-8-19(15-17)25-10-4-9-21(25)27/h3,5,8,15,18H,1-2,4,6-7,9-14,16H2,(H,22,26). The van der Waals surface area contributed by atoms with Gasteiger partial charge in [-0.25, -0.2) is 0 Å². The van der Waals surface area contributed by atoms with Gasteiger partial charge in [0.05, 0.1) is 6.54 Å². The fourth-order valence-electron chi connectivity index (χ4n) is 4.63. The number of anilines is 2. The van der Waals surface area contributed by atoms with E-state index in [4.69, 9.17) is 0 Å². The molecule has 0 aromatic heterocycles. The maximum absolute atomic E-state index is 12.5. The minimum Gasteiger partial charge on any atom is -0.325 e. The molecule has 0 unspecified atom stereocenters. The van der Waals surface area contributed by atoms with E-state index >= 15 is 0 Å². The van der Waals surface area contributed by atoms with Gasteiger partial charge in [0.15, 0.2) is 0 Å². The Balaban J connectivity index is 1.27. The lowest BCUT2D eigenvalue weighted by molar-refractivity contribution is -0.118. The first-order chi connectivity index (χ1) is 13.2. The van der Waals surface area contributed by atoms with Gasteiger partial charge in [-0.2, -0.15) is 0 Å². The Kier molecular flexibility index (Phi) is 5.74. The lowest BCUT2D eigenvalue weighted by atomic mass is 10.2. The topological polar surface area (TPSA) is 55.9 Å². The SMILES string of the molecule is O=C(CN1CCN(C2CCCC2)CC1)Nc1cccc(N2CCCC2=O)c1. The van der Waals surface area contributed by atoms with E-state index in [2.05, 4.69) is 15.1 Å². The molecule has 3 aliphatic rings. The fourth-order valence-corrected chi connectivity index (χ4v) is 4.63. The molecule has 6 nitrogen and oxygen atoms in total. The first-order valence-electron chi connectivity index (χ1n) is 10.4. The van der Waals surface area contributed by atoms with Crippen LogP contribution in [0.1, 0.15) is 38.5 Å². The highest BCUT2D eigenvalue weighted by Crippen LogP contribution is 2.25. The zero-order valence-electron chi connectivity index (χ0n) is 16.0. The molecule has 1 saturated carbocycles. The highest BCUT2D eigenvalue weighted by atomic mass is 16.2. The molecule has 1 aliphatic carbocycles. The third kappa shape index (κ3) is 4.50. The van der Waals surface area contributed by atoms with Gasteiger partial charge in [-0.3, -0.25) is 19.4 Å². The predicted octanol–water partition coefficient (Wildman–Crippen LogP) is 2.31. The maximum Gasteiger partial charge on any atom is 0.238 e. The van der Waals surface area contributed by atoms with Crippen LogP contribution < -0.4 is 10.2 Å². The van der Waals surface area contributed by atoms with Crippen molar-refractivity contribution in [3.8, 4) is 0 Å². The van der Waals surface area contributed by atoms with E-state index in [0.717, 1.165) is 56.6 Å². The zero-order chi connectivity index (χ0) is 18.6. The van der Waals surface area contributed by atoms with Crippen molar-refractivity contribution in [3.63, 3.8) is 0 Å². The summed E-state index contributed by atoms with van der Waals surface area (Å²) < 4.78 is 0. The summed E-state index contributed by atoms with van der Waals surface area (Å²) in [6.45, 7) is 5.28. The normalized spacial score (nSPS) is 22.5. The number of hydrogen-bond donors (Lipinski definition) is 1. The molecule has 1 N–H and O–H groups in total. The molecule has 2 amide bonds. The summed E-state index contributed by atoms with van der Waals surface area (Å²) in [6.07, 6.45) is 6.95. The van der Waals surface area contributed by atoms with Crippen molar-refractivity contribution in [1.29, 1.82) is 0 Å². The van der Waals surface area contributed by atoms with Gasteiger partial charge in [-0.15, -0.1) is 0 Å². The lowest BCUT2D eigenvalue weighted by Crippen LogP contribution is -2.51. The van der Waals surface area contributed by atoms with Crippen LogP contribution in [0.4, 0.5) is 11.4 Å². The quantitative estimate of drug-likeness (QED) is 0.864. The van der Waals surface area contributed by atoms with E-state index in [9.17, 15) is 9.59 Å². The van der Waals surface area contributed by atoms with Crippen molar-refractivity contribution < 1.29 is 9.59 Å². The highest BCUT2D eigenvalue weighted by molar-refractivity contribution is 5.97. The second-order valence-electron chi connectivity index (χ2n) is 8.00. The smallest absolute Gasteiger partial charge is 0.238 e. The molecule has 0 bridgehead atoms. The summed E-state index contributed by atoms with van der Waals surface area (Å²) in [5.74, 6) is 0.188. The Morgan fingerprint density at radius 2 is 1.81 bits per heavy atom. The van der Waals surface area contributed by atoms with Crippen molar-refractivity contribution in [1.82, 2.24) is 9.80 Å². The molecule has 146 valence electrons. The molecular formula is C21H30N4O2. The number of hydrogen-bond acceptors (Lipinski definition) is 4. The molecule has 3 fully saturated rings. The van der Waals surface area contributed by atoms with Gasteiger partial charge in [0.1, 0.15) is 0 Å². The third-order valence-corrected chi connectivity index (χ3v) is 6.13. The highest BCUT2D eigenvalue weighted by Gasteiger charge is 2.27. The Labute approximate surface area is 161 Å². The number of carbonyl (C=O) groups excluding carboxylic acids is 2. The average Bonchev–Trinajstić information content (AvgIpc) is 3.34. The molecule has 0 atom stereocenters. The maximum atomic E-state index is 12.5. The van der Waals surface area contributed by atoms with E-state index in [1.54, 1.807) is 4.90 Å². The van der Waals surface area contributed by atoms with Crippen molar-refractivity contribution in [2.75, 3.05) is 49.5 Å². The molecule has 4 rings (SSSR count). The summed E-state index contributed by atoms with van der Waals surface area (Å²) in [5, 5.41) is 3.00. The van der Waals surface area contributed by atoms with E-state index in [0.29, 0.717) is 13.0 Å². The van der Waals surface area contributed by atoms with Gasteiger partial charge in [0.25, 0.3) is 0 Å². The Bertz CT molecular complexity index is 679. The van der Waals surface area contributed by atoms with Crippen LogP contribution in [0.5, 0.6) is 0 Å². The molecule has 1 aromatic carbocycles. The zero-order valence-corrected chi connectivity index (χ0v) is 16.0. The van der Waals surface area contributed by atoms with Crippen LogP contribution in [0.3, 0.4) is 0 Å². The predicted molar refractivity (Wildman–Crippen MR) is 107 cm³/mol. The molecule has 27 heavy (non-hydrogen) atoms. The minimum absolute atomic E-state index is 0.0224. The van der Waals surface area contributed by atoms with Crippen LogP contribution in [0.25, 0.3) is 0 Å². The second-order valence-corrected chi connectivity index (χ2v) is 8.00. The first kappa shape index (κ1) is 18.4. The monoisotopic (exact) mass is 370 g/mol. The number of carbonyl (C=O) groups is 2. The van der Waals surface area contributed by atoms with Crippen LogP contribution in [0.2, 0.25) is 0 Å². The summed E-state index contributed by atoms with van der Waals surface area (Å²) in [7, 11) is 0. The molecule has 2 saturated heterocycles. The summed E-state index contributed by atoms with van der Waals surface area (Å²) in [6, 6.07) is 8.40. The Morgan fingerprint density at radius 1 is 1.04 bits per heavy atom. The van der Waals surface area contributed by atoms with Crippen LogP contribution >= 0.6 is 0 Å². The minimum atomic E-state index is 0.0224. The van der Waals surface area contributed by atoms with E-state index in [-0.39, 0.29) is 11.8 Å². The van der Waals surface area contributed by atoms with Gasteiger partial charge in [0.2, 0.25) is 11.8 Å². The molecule has 0 radical (unpaired) electrons. The molecule has 2 heterocycles. The third-order valence-electron chi connectivity index (χ3n) is 6.13. The lowest BCUT2D eigenvalue weighted by Gasteiger charge is -2.37. The molecule has 0 spiro atoms. The summed E-state index contributed by atoms with van der Waals surface area (Å²) in [5.41, 5.74) is 1.64. The van der Waals surface area contributed by atoms with Crippen LogP contribution in [0, 0.1) is 0 Å². The number of benzene rings is 1. The Hall–Kier alpha value is -1.92. The fraction of sp³-hybridized carbons (Fsp3) is 0.619. The second kappa shape index (κ2) is 8.40. The van der Waals surface area contributed by atoms with Crippen molar-refractivity contribution in [2.24, 2.45) is 0 Å². The van der Waals surface area contributed by atoms with Crippen molar-refractivity contribution in [3.05, 3.63) is 24.3 Å². The van der Waals surface area contributed by atoms with Gasteiger partial charge < -0.3 is 10.2 Å². The molecule has 6 heteroatoms. The number of rotatable bonds is 5. The van der Waals surface area contributed by atoms with Crippen LogP contribution in [0.15, 0.2) is 24.3 Å². The summed E-state index contributed by atoms with van der Waals surface area (Å²) in [4.78, 5) is 31.0. The van der Waals surface area contributed by atoms with Gasteiger partial charge in [-0.05, 0) is 37.5 Å². The first-order valence-corrected chi connectivity index (χ1v) is 10.4. The molecule has 2 aliphatic heterocycles.